The molecule has 0 bridgehead atoms. The molecule has 1 aliphatic rings. The molecule has 1 saturated carbocycles. The maximum atomic E-state index is 12.1. The molecule has 0 aromatic carbocycles. The minimum Gasteiger partial charge on any atom is -0.367 e. The number of pyridine rings is 2. The van der Waals surface area contributed by atoms with E-state index < -0.39 is 0 Å². The fraction of sp³-hybridized carbons (Fsp3) is 0.455. The van der Waals surface area contributed by atoms with E-state index in [-0.39, 0.29) is 37.1 Å². The first kappa shape index (κ1) is 21.9. The smallest absolute Gasteiger partial charge is 0.246 e. The minimum atomic E-state index is -0.110. The van der Waals surface area contributed by atoms with Crippen LogP contribution in [0.15, 0.2) is 49.1 Å². The number of rotatable bonds is 10. The van der Waals surface area contributed by atoms with Gasteiger partial charge < -0.3 is 20.1 Å². The lowest BCUT2D eigenvalue weighted by Gasteiger charge is -2.29. The van der Waals surface area contributed by atoms with E-state index in [1.165, 1.54) is 0 Å². The van der Waals surface area contributed by atoms with Crippen molar-refractivity contribution in [3.63, 3.8) is 0 Å². The Morgan fingerprint density at radius 2 is 1.10 bits per heavy atom. The molecule has 160 valence electrons. The molecule has 8 heteroatoms. The second kappa shape index (κ2) is 12.0. The third-order valence-corrected chi connectivity index (χ3v) is 4.96. The van der Waals surface area contributed by atoms with Gasteiger partial charge in [0, 0.05) is 36.9 Å². The average molecular weight is 412 g/mol. The Kier molecular flexibility index (Phi) is 8.74. The molecule has 2 N–H and O–H groups in total. The highest BCUT2D eigenvalue weighted by Crippen LogP contribution is 2.18. The Morgan fingerprint density at radius 1 is 0.733 bits per heavy atom. The van der Waals surface area contributed by atoms with Crippen LogP contribution in [0.3, 0.4) is 0 Å². The Bertz CT molecular complexity index is 713. The predicted molar refractivity (Wildman–Crippen MR) is 110 cm³/mol. The number of nitrogens with zero attached hydrogens (tertiary/aromatic N) is 2. The largest absolute Gasteiger partial charge is 0.367 e. The van der Waals surface area contributed by atoms with Crippen LogP contribution in [0.1, 0.15) is 36.8 Å². The Balaban J connectivity index is 1.25. The van der Waals surface area contributed by atoms with E-state index in [0.29, 0.717) is 13.2 Å². The van der Waals surface area contributed by atoms with Gasteiger partial charge in [0.05, 0.1) is 13.2 Å². The molecular formula is C22H28N4O4. The number of ether oxygens (including phenoxy) is 2. The van der Waals surface area contributed by atoms with Crippen molar-refractivity contribution in [1.29, 1.82) is 0 Å². The molecule has 30 heavy (non-hydrogen) atoms. The van der Waals surface area contributed by atoms with E-state index in [4.69, 9.17) is 9.47 Å². The van der Waals surface area contributed by atoms with Crippen LogP contribution in [-0.2, 0) is 32.3 Å². The van der Waals surface area contributed by atoms with Crippen molar-refractivity contribution in [2.45, 2.75) is 51.0 Å². The van der Waals surface area contributed by atoms with Gasteiger partial charge in [-0.2, -0.15) is 0 Å². The van der Waals surface area contributed by atoms with Gasteiger partial charge in [0.25, 0.3) is 0 Å². The van der Waals surface area contributed by atoms with Gasteiger partial charge in [-0.3, -0.25) is 19.6 Å². The van der Waals surface area contributed by atoms with Crippen molar-refractivity contribution in [2.24, 2.45) is 0 Å². The summed E-state index contributed by atoms with van der Waals surface area (Å²) in [5.74, 6) is -0.220. The van der Waals surface area contributed by atoms with Crippen LogP contribution in [0, 0.1) is 0 Å². The summed E-state index contributed by atoms with van der Waals surface area (Å²) in [6.45, 7) is 0.845. The Hall–Kier alpha value is -2.84. The molecule has 2 aromatic rings. The molecular weight excluding hydrogens is 384 g/mol. The van der Waals surface area contributed by atoms with Crippen LogP contribution in [0.4, 0.5) is 0 Å². The molecule has 0 radical (unpaired) electrons. The van der Waals surface area contributed by atoms with Gasteiger partial charge in [-0.05, 0) is 61.1 Å². The quantitative estimate of drug-likeness (QED) is 0.616. The normalized spacial score (nSPS) is 18.5. The second-order valence-electron chi connectivity index (χ2n) is 7.38. The van der Waals surface area contributed by atoms with Crippen LogP contribution in [0.25, 0.3) is 0 Å². The fourth-order valence-corrected chi connectivity index (χ4v) is 3.40. The van der Waals surface area contributed by atoms with E-state index in [9.17, 15) is 9.59 Å². The molecule has 2 aromatic heterocycles. The summed E-state index contributed by atoms with van der Waals surface area (Å²) in [6.07, 6.45) is 10.1. The number of carbonyl (C=O) groups is 2. The number of amides is 2. The number of hydrogen-bond donors (Lipinski definition) is 2. The third-order valence-electron chi connectivity index (χ3n) is 4.96. The molecule has 0 spiro atoms. The standard InChI is InChI=1S/C22H28N4O4/c27-21(15-29-13-17-5-9-23-10-6-17)25-19-1-2-20(4-3-19)26-22(28)16-30-14-18-7-11-24-12-8-18/h5-12,19-20H,1-4,13-16H2,(H,25,27)(H,26,28). The first-order valence-corrected chi connectivity index (χ1v) is 10.2. The first-order valence-electron chi connectivity index (χ1n) is 10.2. The van der Waals surface area contributed by atoms with Gasteiger partial charge in [0.1, 0.15) is 13.2 Å². The van der Waals surface area contributed by atoms with Crippen molar-refractivity contribution >= 4 is 11.8 Å². The van der Waals surface area contributed by atoms with Crippen LogP contribution in [-0.4, -0.2) is 47.1 Å². The predicted octanol–water partition coefficient (Wildman–Crippen LogP) is 1.75. The van der Waals surface area contributed by atoms with Gasteiger partial charge in [-0.1, -0.05) is 0 Å². The van der Waals surface area contributed by atoms with E-state index in [1.54, 1.807) is 24.8 Å². The van der Waals surface area contributed by atoms with E-state index in [2.05, 4.69) is 20.6 Å². The molecule has 3 rings (SSSR count). The summed E-state index contributed by atoms with van der Waals surface area (Å²) in [5, 5.41) is 6.03. The van der Waals surface area contributed by atoms with Crippen molar-refractivity contribution in [3.05, 3.63) is 60.2 Å². The molecule has 0 saturated heterocycles. The zero-order chi connectivity index (χ0) is 21.0. The van der Waals surface area contributed by atoms with Gasteiger partial charge in [0.15, 0.2) is 0 Å². The lowest BCUT2D eigenvalue weighted by molar-refractivity contribution is -0.128. The maximum Gasteiger partial charge on any atom is 0.246 e. The lowest BCUT2D eigenvalue weighted by Crippen LogP contribution is -2.45. The summed E-state index contributed by atoms with van der Waals surface area (Å²) in [4.78, 5) is 32.0. The highest BCUT2D eigenvalue weighted by Gasteiger charge is 2.23. The van der Waals surface area contributed by atoms with Gasteiger partial charge in [-0.15, -0.1) is 0 Å². The van der Waals surface area contributed by atoms with Gasteiger partial charge in [0.2, 0.25) is 11.8 Å². The van der Waals surface area contributed by atoms with Crippen LogP contribution in [0.5, 0.6) is 0 Å². The van der Waals surface area contributed by atoms with E-state index in [0.717, 1.165) is 36.8 Å². The topological polar surface area (TPSA) is 102 Å². The lowest BCUT2D eigenvalue weighted by atomic mass is 9.91. The highest BCUT2D eigenvalue weighted by molar-refractivity contribution is 5.78. The van der Waals surface area contributed by atoms with Crippen LogP contribution < -0.4 is 10.6 Å². The second-order valence-corrected chi connectivity index (χ2v) is 7.38. The minimum absolute atomic E-state index is 0.0355. The maximum absolute atomic E-state index is 12.1. The van der Waals surface area contributed by atoms with Crippen LogP contribution in [0.2, 0.25) is 0 Å². The van der Waals surface area contributed by atoms with Gasteiger partial charge in [-0.25, -0.2) is 0 Å². The Labute approximate surface area is 176 Å². The van der Waals surface area contributed by atoms with Gasteiger partial charge >= 0.3 is 0 Å². The number of nitrogens with one attached hydrogen (secondary N) is 2. The molecule has 1 aliphatic carbocycles. The molecule has 8 nitrogen and oxygen atoms in total. The number of hydrogen-bond acceptors (Lipinski definition) is 6. The summed E-state index contributed by atoms with van der Waals surface area (Å²) in [5.41, 5.74) is 1.97. The van der Waals surface area contributed by atoms with E-state index >= 15 is 0 Å². The molecule has 1 fully saturated rings. The molecule has 2 heterocycles. The molecule has 0 unspecified atom stereocenters. The SMILES string of the molecule is O=C(COCc1ccncc1)NC1CCC(NC(=O)COCc2ccncc2)CC1. The van der Waals surface area contributed by atoms with Crippen LogP contribution >= 0.6 is 0 Å². The van der Waals surface area contributed by atoms with Crippen molar-refractivity contribution in [3.8, 4) is 0 Å². The zero-order valence-corrected chi connectivity index (χ0v) is 17.0. The van der Waals surface area contributed by atoms with E-state index in [1.807, 2.05) is 24.3 Å². The third kappa shape index (κ3) is 7.88. The van der Waals surface area contributed by atoms with Crippen molar-refractivity contribution in [1.82, 2.24) is 20.6 Å². The summed E-state index contributed by atoms with van der Waals surface area (Å²) in [6, 6.07) is 7.68. The fourth-order valence-electron chi connectivity index (χ4n) is 3.40. The van der Waals surface area contributed by atoms with Crippen molar-refractivity contribution in [2.75, 3.05) is 13.2 Å². The van der Waals surface area contributed by atoms with Crippen molar-refractivity contribution < 1.29 is 19.1 Å². The number of carbonyl (C=O) groups excluding carboxylic acids is 2. The Morgan fingerprint density at radius 3 is 1.47 bits per heavy atom. The zero-order valence-electron chi connectivity index (χ0n) is 17.0. The summed E-state index contributed by atoms with van der Waals surface area (Å²) < 4.78 is 10.9. The highest BCUT2D eigenvalue weighted by atomic mass is 16.5. The average Bonchev–Trinajstić information content (AvgIpc) is 2.77. The number of aromatic nitrogens is 2. The molecule has 2 amide bonds. The summed E-state index contributed by atoms with van der Waals surface area (Å²) >= 11 is 0. The monoisotopic (exact) mass is 412 g/mol. The molecule has 0 atom stereocenters. The first-order chi connectivity index (χ1) is 14.7. The molecule has 0 aliphatic heterocycles. The summed E-state index contributed by atoms with van der Waals surface area (Å²) in [7, 11) is 0.